The molecule has 0 spiro atoms. The van der Waals surface area contributed by atoms with E-state index in [-0.39, 0.29) is 25.0 Å². The fraction of sp³-hybridized carbons (Fsp3) is 1.00. The third-order valence-electron chi connectivity index (χ3n) is 4.01. The molecular weight excluding hydrogens is 244 g/mol. The second kappa shape index (κ2) is 9.70. The van der Waals surface area contributed by atoms with Gasteiger partial charge in [0.25, 0.3) is 0 Å². The summed E-state index contributed by atoms with van der Waals surface area (Å²) in [5, 5.41) is 37.3. The van der Waals surface area contributed by atoms with Crippen LogP contribution < -0.4 is 0 Å². The van der Waals surface area contributed by atoms with Crippen LogP contribution in [0.2, 0.25) is 0 Å². The van der Waals surface area contributed by atoms with Crippen LogP contribution in [-0.2, 0) is 0 Å². The standard InChI is InChI=1S/C15H32O4/c1-10(6-12(3)15(19)9-17)5-11(2)7-14(18)13(4)8-16/h10-19H,5-9H2,1-4H3/t10-,11+,12+,13-,14-,15+/m1/s1. The summed E-state index contributed by atoms with van der Waals surface area (Å²) >= 11 is 0. The van der Waals surface area contributed by atoms with E-state index in [1.807, 2.05) is 13.8 Å². The summed E-state index contributed by atoms with van der Waals surface area (Å²) in [6.07, 6.45) is 1.46. The summed E-state index contributed by atoms with van der Waals surface area (Å²) < 4.78 is 0. The van der Waals surface area contributed by atoms with E-state index in [0.717, 1.165) is 12.8 Å². The van der Waals surface area contributed by atoms with Crippen molar-refractivity contribution < 1.29 is 20.4 Å². The zero-order chi connectivity index (χ0) is 15.0. The largest absolute Gasteiger partial charge is 0.396 e. The van der Waals surface area contributed by atoms with Crippen LogP contribution in [0.5, 0.6) is 0 Å². The predicted molar refractivity (Wildman–Crippen MR) is 76.7 cm³/mol. The molecule has 0 rings (SSSR count). The van der Waals surface area contributed by atoms with Crippen LogP contribution in [0.4, 0.5) is 0 Å². The summed E-state index contributed by atoms with van der Waals surface area (Å²) in [5.41, 5.74) is 0. The minimum Gasteiger partial charge on any atom is -0.396 e. The van der Waals surface area contributed by atoms with E-state index >= 15 is 0 Å². The molecule has 0 heterocycles. The minimum absolute atomic E-state index is 0.0170. The molecule has 0 aromatic heterocycles. The van der Waals surface area contributed by atoms with Gasteiger partial charge in [0.15, 0.2) is 0 Å². The van der Waals surface area contributed by atoms with Crippen LogP contribution in [-0.4, -0.2) is 45.8 Å². The van der Waals surface area contributed by atoms with E-state index in [0.29, 0.717) is 18.3 Å². The molecule has 0 saturated carbocycles. The number of rotatable bonds is 10. The van der Waals surface area contributed by atoms with Crippen molar-refractivity contribution >= 4 is 0 Å². The van der Waals surface area contributed by atoms with Crippen LogP contribution >= 0.6 is 0 Å². The van der Waals surface area contributed by atoms with Gasteiger partial charge in [0.2, 0.25) is 0 Å². The molecule has 19 heavy (non-hydrogen) atoms. The second-order valence-corrected chi connectivity index (χ2v) is 6.37. The van der Waals surface area contributed by atoms with Crippen LogP contribution in [0.15, 0.2) is 0 Å². The van der Waals surface area contributed by atoms with E-state index < -0.39 is 12.2 Å². The first kappa shape index (κ1) is 18.8. The third kappa shape index (κ3) is 7.88. The molecular formula is C15H32O4. The average Bonchev–Trinajstić information content (AvgIpc) is 2.35. The van der Waals surface area contributed by atoms with Gasteiger partial charge in [-0.25, -0.2) is 0 Å². The van der Waals surface area contributed by atoms with Crippen LogP contribution in [0.3, 0.4) is 0 Å². The summed E-state index contributed by atoms with van der Waals surface area (Å²) in [6, 6.07) is 0. The summed E-state index contributed by atoms with van der Waals surface area (Å²) in [4.78, 5) is 0. The van der Waals surface area contributed by atoms with Gasteiger partial charge in [-0.1, -0.05) is 27.7 Å². The van der Waals surface area contributed by atoms with Crippen molar-refractivity contribution in [3.63, 3.8) is 0 Å². The lowest BCUT2D eigenvalue weighted by Crippen LogP contribution is -2.25. The highest BCUT2D eigenvalue weighted by molar-refractivity contribution is 4.72. The number of hydrogen-bond acceptors (Lipinski definition) is 4. The highest BCUT2D eigenvalue weighted by Gasteiger charge is 2.21. The van der Waals surface area contributed by atoms with Crippen molar-refractivity contribution in [2.24, 2.45) is 23.7 Å². The Kier molecular flexibility index (Phi) is 9.62. The lowest BCUT2D eigenvalue weighted by Gasteiger charge is -2.25. The van der Waals surface area contributed by atoms with Gasteiger partial charge >= 0.3 is 0 Å². The summed E-state index contributed by atoms with van der Waals surface area (Å²) in [6.45, 7) is 7.88. The smallest absolute Gasteiger partial charge is 0.0796 e. The highest BCUT2D eigenvalue weighted by atomic mass is 16.3. The van der Waals surface area contributed by atoms with Gasteiger partial charge in [0.05, 0.1) is 18.8 Å². The van der Waals surface area contributed by atoms with Crippen LogP contribution in [0, 0.1) is 23.7 Å². The SMILES string of the molecule is C[C@H](C[C@H](C)C[C@@H](O)[C@H](C)CO)C[C@H](C)[C@@H](O)CO. The first-order valence-electron chi connectivity index (χ1n) is 7.39. The van der Waals surface area contributed by atoms with Gasteiger partial charge in [-0.3, -0.25) is 0 Å². The second-order valence-electron chi connectivity index (χ2n) is 6.37. The number of aliphatic hydroxyl groups excluding tert-OH is 4. The normalized spacial score (nSPS) is 21.5. The van der Waals surface area contributed by atoms with Crippen molar-refractivity contribution in [3.8, 4) is 0 Å². The molecule has 0 aromatic rings. The van der Waals surface area contributed by atoms with Gasteiger partial charge in [-0.05, 0) is 37.0 Å². The van der Waals surface area contributed by atoms with E-state index in [9.17, 15) is 10.2 Å². The van der Waals surface area contributed by atoms with Crippen molar-refractivity contribution in [3.05, 3.63) is 0 Å². The van der Waals surface area contributed by atoms with Gasteiger partial charge in [-0.15, -0.1) is 0 Å². The van der Waals surface area contributed by atoms with Gasteiger partial charge in [-0.2, -0.15) is 0 Å². The molecule has 4 nitrogen and oxygen atoms in total. The van der Waals surface area contributed by atoms with Gasteiger partial charge in [0, 0.05) is 12.5 Å². The summed E-state index contributed by atoms with van der Waals surface area (Å²) in [7, 11) is 0. The Morgan fingerprint density at radius 1 is 0.632 bits per heavy atom. The molecule has 0 unspecified atom stereocenters. The Morgan fingerprint density at radius 2 is 1.16 bits per heavy atom. The van der Waals surface area contributed by atoms with E-state index in [4.69, 9.17) is 10.2 Å². The molecule has 0 fully saturated rings. The predicted octanol–water partition coefficient (Wildman–Crippen LogP) is 1.41. The molecule has 116 valence electrons. The monoisotopic (exact) mass is 276 g/mol. The first-order valence-corrected chi connectivity index (χ1v) is 7.39. The Bertz CT molecular complexity index is 200. The molecule has 0 aliphatic carbocycles. The molecule has 0 amide bonds. The van der Waals surface area contributed by atoms with Crippen molar-refractivity contribution in [2.45, 2.75) is 59.2 Å². The van der Waals surface area contributed by atoms with Crippen LogP contribution in [0.1, 0.15) is 47.0 Å². The zero-order valence-corrected chi connectivity index (χ0v) is 12.8. The molecule has 6 atom stereocenters. The maximum Gasteiger partial charge on any atom is 0.0796 e. The maximum absolute atomic E-state index is 9.88. The molecule has 0 radical (unpaired) electrons. The van der Waals surface area contributed by atoms with Crippen molar-refractivity contribution in [1.29, 1.82) is 0 Å². The molecule has 0 bridgehead atoms. The topological polar surface area (TPSA) is 80.9 Å². The van der Waals surface area contributed by atoms with Gasteiger partial charge in [0.1, 0.15) is 0 Å². The lowest BCUT2D eigenvalue weighted by atomic mass is 9.84. The zero-order valence-electron chi connectivity index (χ0n) is 12.8. The molecule has 0 aliphatic rings. The molecule has 4 N–H and O–H groups in total. The molecule has 4 heteroatoms. The Labute approximate surface area is 117 Å². The Balaban J connectivity index is 4.01. The maximum atomic E-state index is 9.88. The van der Waals surface area contributed by atoms with Crippen molar-refractivity contribution in [2.75, 3.05) is 13.2 Å². The quantitative estimate of drug-likeness (QED) is 0.486. The van der Waals surface area contributed by atoms with E-state index in [1.54, 1.807) is 0 Å². The van der Waals surface area contributed by atoms with E-state index in [2.05, 4.69) is 13.8 Å². The third-order valence-corrected chi connectivity index (χ3v) is 4.01. The molecule has 0 aromatic carbocycles. The van der Waals surface area contributed by atoms with Crippen LogP contribution in [0.25, 0.3) is 0 Å². The minimum atomic E-state index is -0.641. The fourth-order valence-corrected chi connectivity index (χ4v) is 2.62. The molecule has 0 aliphatic heterocycles. The Morgan fingerprint density at radius 3 is 1.63 bits per heavy atom. The highest BCUT2D eigenvalue weighted by Crippen LogP contribution is 2.25. The summed E-state index contributed by atoms with van der Waals surface area (Å²) in [5.74, 6) is 0.849. The lowest BCUT2D eigenvalue weighted by molar-refractivity contribution is 0.0400. The number of aliphatic hydroxyl groups is 4. The molecule has 0 saturated heterocycles. The Hall–Kier alpha value is -0.160. The first-order chi connectivity index (χ1) is 8.81. The van der Waals surface area contributed by atoms with Crippen molar-refractivity contribution in [1.82, 2.24) is 0 Å². The number of hydrogen-bond donors (Lipinski definition) is 4. The van der Waals surface area contributed by atoms with Gasteiger partial charge < -0.3 is 20.4 Å². The van der Waals surface area contributed by atoms with E-state index in [1.165, 1.54) is 0 Å². The average molecular weight is 276 g/mol. The fourth-order valence-electron chi connectivity index (χ4n) is 2.62.